The first-order chi connectivity index (χ1) is 7.36. The Morgan fingerprint density at radius 1 is 1.53 bits per heavy atom. The molecule has 0 spiro atoms. The summed E-state index contributed by atoms with van der Waals surface area (Å²) in [6, 6.07) is 11.4. The molecular weight excluding hydrogens is 186 g/mol. The number of benzene rings is 1. The maximum absolute atomic E-state index is 5.43. The molecule has 78 valence electrons. The fourth-order valence-electron chi connectivity index (χ4n) is 2.01. The van der Waals surface area contributed by atoms with Crippen LogP contribution in [0, 0.1) is 12.5 Å². The minimum atomic E-state index is 0.390. The van der Waals surface area contributed by atoms with Crippen molar-refractivity contribution < 1.29 is 4.74 Å². The molecule has 0 radical (unpaired) electrons. The highest BCUT2D eigenvalue weighted by Crippen LogP contribution is 2.34. The van der Waals surface area contributed by atoms with Gasteiger partial charge >= 0.3 is 0 Å². The van der Waals surface area contributed by atoms with E-state index in [9.17, 15) is 0 Å². The maximum atomic E-state index is 5.43. The van der Waals surface area contributed by atoms with E-state index in [0.717, 1.165) is 13.0 Å². The van der Waals surface area contributed by atoms with Crippen LogP contribution in [0.4, 0.5) is 0 Å². The van der Waals surface area contributed by atoms with Gasteiger partial charge in [0.1, 0.15) is 0 Å². The molecule has 1 saturated heterocycles. The van der Waals surface area contributed by atoms with Crippen molar-refractivity contribution in [2.24, 2.45) is 0 Å². The van der Waals surface area contributed by atoms with Crippen molar-refractivity contribution in [3.63, 3.8) is 0 Å². The molecule has 2 heteroatoms. The van der Waals surface area contributed by atoms with Gasteiger partial charge in [0.2, 0.25) is 0 Å². The lowest BCUT2D eigenvalue weighted by atomic mass is 9.92. The van der Waals surface area contributed by atoms with E-state index in [-0.39, 0.29) is 0 Å². The van der Waals surface area contributed by atoms with E-state index in [4.69, 9.17) is 11.2 Å². The lowest BCUT2D eigenvalue weighted by Crippen LogP contribution is -2.37. The average Bonchev–Trinajstić information content (AvgIpc) is 2.20. The molecule has 1 heterocycles. The van der Waals surface area contributed by atoms with E-state index in [2.05, 4.69) is 24.2 Å². The van der Waals surface area contributed by atoms with Gasteiger partial charge in [-0.2, -0.15) is 0 Å². The molecule has 0 aromatic heterocycles. The SMILES string of the molecule is C#CN1CCC1c1ccccc1COC. The quantitative estimate of drug-likeness (QED) is 0.695. The van der Waals surface area contributed by atoms with Gasteiger partial charge in [-0.25, -0.2) is 0 Å². The van der Waals surface area contributed by atoms with Gasteiger partial charge in [0.05, 0.1) is 12.6 Å². The summed E-state index contributed by atoms with van der Waals surface area (Å²) < 4.78 is 5.19. The molecule has 0 amide bonds. The van der Waals surface area contributed by atoms with Crippen LogP contribution in [0.2, 0.25) is 0 Å². The first-order valence-electron chi connectivity index (χ1n) is 5.16. The zero-order valence-electron chi connectivity index (χ0n) is 8.94. The third kappa shape index (κ3) is 1.84. The summed E-state index contributed by atoms with van der Waals surface area (Å²) in [5.74, 6) is 0. The molecule has 0 aliphatic carbocycles. The number of rotatable bonds is 3. The van der Waals surface area contributed by atoms with Crippen molar-refractivity contribution in [2.45, 2.75) is 19.1 Å². The van der Waals surface area contributed by atoms with Crippen molar-refractivity contribution in [2.75, 3.05) is 13.7 Å². The lowest BCUT2D eigenvalue weighted by Gasteiger charge is -2.39. The summed E-state index contributed by atoms with van der Waals surface area (Å²) in [6.45, 7) is 1.66. The van der Waals surface area contributed by atoms with Crippen LogP contribution in [0.15, 0.2) is 24.3 Å². The summed E-state index contributed by atoms with van der Waals surface area (Å²) in [5, 5.41) is 0. The summed E-state index contributed by atoms with van der Waals surface area (Å²) >= 11 is 0. The Labute approximate surface area is 90.9 Å². The van der Waals surface area contributed by atoms with Gasteiger partial charge in [0.15, 0.2) is 0 Å². The van der Waals surface area contributed by atoms with E-state index in [1.165, 1.54) is 11.1 Å². The number of terminal acetylenes is 1. The maximum Gasteiger partial charge on any atom is 0.0716 e. The second kappa shape index (κ2) is 4.37. The van der Waals surface area contributed by atoms with E-state index in [0.29, 0.717) is 12.6 Å². The Kier molecular flexibility index (Phi) is 2.94. The van der Waals surface area contributed by atoms with Crippen LogP contribution >= 0.6 is 0 Å². The third-order valence-electron chi connectivity index (χ3n) is 2.90. The molecule has 1 unspecified atom stereocenters. The lowest BCUT2D eigenvalue weighted by molar-refractivity contribution is 0.159. The number of methoxy groups -OCH3 is 1. The van der Waals surface area contributed by atoms with Crippen LogP contribution in [-0.2, 0) is 11.3 Å². The molecule has 0 saturated carbocycles. The molecule has 1 aliphatic heterocycles. The summed E-state index contributed by atoms with van der Waals surface area (Å²) in [4.78, 5) is 2.04. The molecule has 0 N–H and O–H groups in total. The van der Waals surface area contributed by atoms with Crippen molar-refractivity contribution in [1.82, 2.24) is 4.90 Å². The van der Waals surface area contributed by atoms with Crippen molar-refractivity contribution in [1.29, 1.82) is 0 Å². The summed E-state index contributed by atoms with van der Waals surface area (Å²) in [5.41, 5.74) is 2.55. The Morgan fingerprint density at radius 3 is 2.93 bits per heavy atom. The highest BCUT2D eigenvalue weighted by Gasteiger charge is 2.28. The van der Waals surface area contributed by atoms with E-state index >= 15 is 0 Å². The minimum absolute atomic E-state index is 0.390. The van der Waals surface area contributed by atoms with Crippen LogP contribution in [0.3, 0.4) is 0 Å². The zero-order valence-corrected chi connectivity index (χ0v) is 8.94. The number of ether oxygens (including phenoxy) is 1. The largest absolute Gasteiger partial charge is 0.380 e. The Hall–Kier alpha value is -1.46. The van der Waals surface area contributed by atoms with Gasteiger partial charge in [0.25, 0.3) is 0 Å². The Morgan fingerprint density at radius 2 is 2.33 bits per heavy atom. The molecule has 1 atom stereocenters. The molecule has 15 heavy (non-hydrogen) atoms. The minimum Gasteiger partial charge on any atom is -0.380 e. The molecular formula is C13H15NO. The van der Waals surface area contributed by atoms with Crippen molar-refractivity contribution in [3.8, 4) is 12.5 Å². The Balaban J connectivity index is 2.24. The second-order valence-electron chi connectivity index (χ2n) is 3.76. The fourth-order valence-corrected chi connectivity index (χ4v) is 2.01. The monoisotopic (exact) mass is 201 g/mol. The van der Waals surface area contributed by atoms with Gasteiger partial charge in [0, 0.05) is 19.7 Å². The first-order valence-corrected chi connectivity index (χ1v) is 5.16. The number of likely N-dealkylation sites (tertiary alicyclic amines) is 1. The van der Waals surface area contributed by atoms with E-state index in [1.54, 1.807) is 7.11 Å². The zero-order chi connectivity index (χ0) is 10.7. The van der Waals surface area contributed by atoms with Crippen molar-refractivity contribution >= 4 is 0 Å². The molecule has 0 bridgehead atoms. The molecule has 2 rings (SSSR count). The highest BCUT2D eigenvalue weighted by atomic mass is 16.5. The predicted molar refractivity (Wildman–Crippen MR) is 60.1 cm³/mol. The van der Waals surface area contributed by atoms with Crippen LogP contribution in [0.25, 0.3) is 0 Å². The average molecular weight is 201 g/mol. The van der Waals surface area contributed by atoms with E-state index in [1.807, 2.05) is 11.0 Å². The van der Waals surface area contributed by atoms with Crippen LogP contribution in [0.5, 0.6) is 0 Å². The van der Waals surface area contributed by atoms with Gasteiger partial charge in [-0.1, -0.05) is 30.7 Å². The topological polar surface area (TPSA) is 12.5 Å². The van der Waals surface area contributed by atoms with E-state index < -0.39 is 0 Å². The summed E-state index contributed by atoms with van der Waals surface area (Å²) in [6.07, 6.45) is 6.57. The number of nitrogens with zero attached hydrogens (tertiary/aromatic N) is 1. The number of hydrogen-bond donors (Lipinski definition) is 0. The first kappa shape index (κ1) is 10.1. The fraction of sp³-hybridized carbons (Fsp3) is 0.385. The highest BCUT2D eigenvalue weighted by molar-refractivity contribution is 5.32. The van der Waals surface area contributed by atoms with Gasteiger partial charge in [-0.3, -0.25) is 0 Å². The third-order valence-corrected chi connectivity index (χ3v) is 2.90. The standard InChI is InChI=1S/C13H15NO/c1-3-14-9-8-13(14)12-7-5-4-6-11(12)10-15-2/h1,4-7,13H,8-10H2,2H3. The molecule has 1 aromatic rings. The van der Waals surface area contributed by atoms with Crippen LogP contribution < -0.4 is 0 Å². The van der Waals surface area contributed by atoms with Crippen LogP contribution in [0.1, 0.15) is 23.6 Å². The van der Waals surface area contributed by atoms with Gasteiger partial charge in [-0.05, 0) is 17.5 Å². The number of hydrogen-bond acceptors (Lipinski definition) is 2. The Bertz CT molecular complexity index is 380. The molecule has 1 fully saturated rings. The second-order valence-corrected chi connectivity index (χ2v) is 3.76. The summed E-state index contributed by atoms with van der Waals surface area (Å²) in [7, 11) is 1.72. The molecule has 2 nitrogen and oxygen atoms in total. The smallest absolute Gasteiger partial charge is 0.0716 e. The van der Waals surface area contributed by atoms with Gasteiger partial charge < -0.3 is 9.64 Å². The normalized spacial score (nSPS) is 19.5. The van der Waals surface area contributed by atoms with Crippen LogP contribution in [-0.4, -0.2) is 18.6 Å². The van der Waals surface area contributed by atoms with Crippen molar-refractivity contribution in [3.05, 3.63) is 35.4 Å². The predicted octanol–water partition coefficient (Wildman–Crippen LogP) is 2.17. The van der Waals surface area contributed by atoms with Gasteiger partial charge in [-0.15, -0.1) is 0 Å². The molecule has 1 aliphatic rings. The molecule has 1 aromatic carbocycles.